The Hall–Kier alpha value is -0.610. The fourth-order valence-corrected chi connectivity index (χ4v) is 1.52. The normalized spacial score (nSPS) is 16.2. The van der Waals surface area contributed by atoms with Crippen molar-refractivity contribution in [3.05, 3.63) is 0 Å². The maximum atomic E-state index is 11.9. The molecule has 0 atom stereocenters. The van der Waals surface area contributed by atoms with Crippen molar-refractivity contribution in [3.8, 4) is 0 Å². The van der Waals surface area contributed by atoms with E-state index in [-0.39, 0.29) is 18.1 Å². The van der Waals surface area contributed by atoms with Crippen LogP contribution in [0.3, 0.4) is 0 Å². The smallest absolute Gasteiger partial charge is 0.248 e. The third-order valence-electron chi connectivity index (χ3n) is 2.54. The van der Waals surface area contributed by atoms with Gasteiger partial charge < -0.3 is 15.4 Å². The highest BCUT2D eigenvalue weighted by atomic mass is 16.5. The minimum Gasteiger partial charge on any atom is -0.366 e. The fraction of sp³-hybridized carbons (Fsp3) is 0.917. The van der Waals surface area contributed by atoms with Gasteiger partial charge in [0.15, 0.2) is 0 Å². The molecule has 1 rings (SSSR count). The molecule has 94 valence electrons. The molecule has 0 radical (unpaired) electrons. The van der Waals surface area contributed by atoms with Crippen LogP contribution in [0.4, 0.5) is 0 Å². The quantitative estimate of drug-likeness (QED) is 0.741. The number of rotatable bonds is 6. The number of hydrogen-bond acceptors (Lipinski definition) is 3. The lowest BCUT2D eigenvalue weighted by Gasteiger charge is -2.25. The summed E-state index contributed by atoms with van der Waals surface area (Å²) in [6.45, 7) is 7.47. The first kappa shape index (κ1) is 13.5. The number of nitrogens with zero attached hydrogens (tertiary/aromatic N) is 1. The average Bonchev–Trinajstić information content (AvgIpc) is 2.98. The summed E-state index contributed by atoms with van der Waals surface area (Å²) in [7, 11) is 0. The van der Waals surface area contributed by atoms with Crippen molar-refractivity contribution in [1.82, 2.24) is 4.90 Å². The predicted octanol–water partition coefficient (Wildman–Crippen LogP) is 1.14. The molecule has 0 bridgehead atoms. The predicted molar refractivity (Wildman–Crippen MR) is 64.1 cm³/mol. The van der Waals surface area contributed by atoms with Crippen LogP contribution in [0.2, 0.25) is 0 Å². The third kappa shape index (κ3) is 4.94. The molecule has 2 N–H and O–H groups in total. The lowest BCUT2D eigenvalue weighted by molar-refractivity contribution is -0.141. The van der Waals surface area contributed by atoms with Crippen LogP contribution in [-0.2, 0) is 9.53 Å². The first-order valence-electron chi connectivity index (χ1n) is 6.07. The minimum atomic E-state index is -0.251. The highest BCUT2D eigenvalue weighted by Crippen LogP contribution is 2.27. The minimum absolute atomic E-state index is 0.103. The lowest BCUT2D eigenvalue weighted by Crippen LogP contribution is -2.39. The molecule has 16 heavy (non-hydrogen) atoms. The summed E-state index contributed by atoms with van der Waals surface area (Å²) >= 11 is 0. The Balaban J connectivity index is 2.35. The van der Waals surface area contributed by atoms with Crippen molar-refractivity contribution in [2.45, 2.75) is 51.7 Å². The highest BCUT2D eigenvalue weighted by molar-refractivity contribution is 5.78. The van der Waals surface area contributed by atoms with Crippen LogP contribution in [0.15, 0.2) is 0 Å². The molecule has 1 aliphatic carbocycles. The van der Waals surface area contributed by atoms with Crippen LogP contribution >= 0.6 is 0 Å². The zero-order valence-corrected chi connectivity index (χ0v) is 10.7. The van der Waals surface area contributed by atoms with Crippen molar-refractivity contribution < 1.29 is 9.53 Å². The summed E-state index contributed by atoms with van der Waals surface area (Å²) in [5, 5.41) is 0. The van der Waals surface area contributed by atoms with Gasteiger partial charge in [-0.15, -0.1) is 0 Å². The molecule has 0 unspecified atom stereocenters. The van der Waals surface area contributed by atoms with Crippen LogP contribution < -0.4 is 5.73 Å². The number of hydrogen-bond donors (Lipinski definition) is 1. The zero-order chi connectivity index (χ0) is 12.2. The zero-order valence-electron chi connectivity index (χ0n) is 10.7. The van der Waals surface area contributed by atoms with Crippen LogP contribution in [0.5, 0.6) is 0 Å². The summed E-state index contributed by atoms with van der Waals surface area (Å²) in [6.07, 6.45) is 3.13. The maximum Gasteiger partial charge on any atom is 0.248 e. The molecule has 0 aromatic heterocycles. The Morgan fingerprint density at radius 2 is 2.06 bits per heavy atom. The molecule has 0 heterocycles. The van der Waals surface area contributed by atoms with E-state index in [9.17, 15) is 4.79 Å². The number of nitrogens with two attached hydrogens (primary N) is 1. The Morgan fingerprint density at radius 1 is 1.44 bits per heavy atom. The van der Waals surface area contributed by atoms with Crippen molar-refractivity contribution in [3.63, 3.8) is 0 Å². The Bertz CT molecular complexity index is 232. The van der Waals surface area contributed by atoms with Crippen molar-refractivity contribution in [2.24, 2.45) is 5.73 Å². The van der Waals surface area contributed by atoms with Crippen molar-refractivity contribution >= 4 is 5.91 Å². The monoisotopic (exact) mass is 228 g/mol. The van der Waals surface area contributed by atoms with E-state index in [4.69, 9.17) is 10.5 Å². The summed E-state index contributed by atoms with van der Waals surface area (Å²) in [4.78, 5) is 13.9. The third-order valence-corrected chi connectivity index (χ3v) is 2.54. The Kier molecular flexibility index (Phi) is 4.74. The van der Waals surface area contributed by atoms with Crippen LogP contribution in [0, 0.1) is 0 Å². The number of ether oxygens (including phenoxy) is 1. The first-order valence-corrected chi connectivity index (χ1v) is 6.07. The molecule has 1 fully saturated rings. The van der Waals surface area contributed by atoms with E-state index < -0.39 is 0 Å². The number of carbonyl (C=O) groups excluding carboxylic acids is 1. The maximum absolute atomic E-state index is 11.9. The summed E-state index contributed by atoms with van der Waals surface area (Å²) in [5.41, 5.74) is 5.22. The first-order chi connectivity index (χ1) is 7.44. The fourth-order valence-electron chi connectivity index (χ4n) is 1.52. The number of amides is 1. The second-order valence-corrected chi connectivity index (χ2v) is 5.36. The van der Waals surface area contributed by atoms with Crippen LogP contribution in [-0.4, -0.2) is 42.1 Å². The van der Waals surface area contributed by atoms with E-state index in [1.54, 1.807) is 0 Å². The van der Waals surface area contributed by atoms with Gasteiger partial charge in [0.25, 0.3) is 0 Å². The van der Waals surface area contributed by atoms with Crippen LogP contribution in [0.1, 0.15) is 40.0 Å². The van der Waals surface area contributed by atoms with E-state index in [2.05, 4.69) is 0 Å². The van der Waals surface area contributed by atoms with Gasteiger partial charge >= 0.3 is 0 Å². The van der Waals surface area contributed by atoms with E-state index in [1.807, 2.05) is 25.7 Å². The molecule has 0 aromatic carbocycles. The summed E-state index contributed by atoms with van der Waals surface area (Å²) in [6, 6.07) is 0.447. The van der Waals surface area contributed by atoms with Crippen molar-refractivity contribution in [1.29, 1.82) is 0 Å². The van der Waals surface area contributed by atoms with E-state index in [0.717, 1.165) is 25.8 Å². The van der Waals surface area contributed by atoms with Gasteiger partial charge in [0.2, 0.25) is 5.91 Å². The standard InChI is InChI=1S/C12H24N2O2/c1-12(2,3)16-9-11(15)14(8-4-7-13)10-5-6-10/h10H,4-9,13H2,1-3H3. The second-order valence-electron chi connectivity index (χ2n) is 5.36. The van der Waals surface area contributed by atoms with E-state index >= 15 is 0 Å². The van der Waals surface area contributed by atoms with Gasteiger partial charge in [0.05, 0.1) is 5.60 Å². The molecule has 0 spiro atoms. The van der Waals surface area contributed by atoms with Gasteiger partial charge in [-0.2, -0.15) is 0 Å². The molecule has 1 amide bonds. The van der Waals surface area contributed by atoms with E-state index in [1.165, 1.54) is 0 Å². The molecular weight excluding hydrogens is 204 g/mol. The molecule has 0 aliphatic heterocycles. The second kappa shape index (κ2) is 5.64. The molecule has 0 aromatic rings. The molecule has 0 saturated heterocycles. The molecule has 1 aliphatic rings. The Morgan fingerprint density at radius 3 is 2.50 bits per heavy atom. The Labute approximate surface area is 98.1 Å². The molecular formula is C12H24N2O2. The summed E-state index contributed by atoms with van der Waals surface area (Å²) < 4.78 is 5.51. The van der Waals surface area contributed by atoms with Gasteiger partial charge in [0.1, 0.15) is 6.61 Å². The van der Waals surface area contributed by atoms with Gasteiger partial charge in [0, 0.05) is 12.6 Å². The van der Waals surface area contributed by atoms with Gasteiger partial charge in [-0.25, -0.2) is 0 Å². The number of carbonyl (C=O) groups is 1. The molecule has 4 nitrogen and oxygen atoms in total. The van der Waals surface area contributed by atoms with Gasteiger partial charge in [-0.3, -0.25) is 4.79 Å². The van der Waals surface area contributed by atoms with Crippen molar-refractivity contribution in [2.75, 3.05) is 19.7 Å². The highest BCUT2D eigenvalue weighted by Gasteiger charge is 2.32. The lowest BCUT2D eigenvalue weighted by atomic mass is 10.2. The van der Waals surface area contributed by atoms with Gasteiger partial charge in [-0.05, 0) is 46.6 Å². The topological polar surface area (TPSA) is 55.6 Å². The molecule has 1 saturated carbocycles. The largest absolute Gasteiger partial charge is 0.366 e. The van der Waals surface area contributed by atoms with Gasteiger partial charge in [-0.1, -0.05) is 0 Å². The van der Waals surface area contributed by atoms with Crippen LogP contribution in [0.25, 0.3) is 0 Å². The molecule has 4 heteroatoms. The SMILES string of the molecule is CC(C)(C)OCC(=O)N(CCCN)C1CC1. The van der Waals surface area contributed by atoms with E-state index in [0.29, 0.717) is 12.6 Å². The summed E-state index contributed by atoms with van der Waals surface area (Å²) in [5.74, 6) is 0.103. The average molecular weight is 228 g/mol.